The summed E-state index contributed by atoms with van der Waals surface area (Å²) in [4.78, 5) is 34.5. The Bertz CT molecular complexity index is 1240. The monoisotopic (exact) mass is 457 g/mol. The summed E-state index contributed by atoms with van der Waals surface area (Å²) in [7, 11) is 0. The van der Waals surface area contributed by atoms with E-state index in [-0.39, 0.29) is 30.5 Å². The van der Waals surface area contributed by atoms with Crippen LogP contribution in [0.2, 0.25) is 0 Å². The molecule has 6 heteroatoms. The van der Waals surface area contributed by atoms with Crippen LogP contribution in [-0.2, 0) is 20.7 Å². The molecular weight excluding hydrogens is 426 g/mol. The molecule has 2 saturated heterocycles. The molecule has 3 atom stereocenters. The zero-order chi connectivity index (χ0) is 23.4. The van der Waals surface area contributed by atoms with Gasteiger partial charge < -0.3 is 19.5 Å². The first-order valence-corrected chi connectivity index (χ1v) is 12.4. The second-order valence-corrected chi connectivity index (χ2v) is 10.2. The molecule has 3 aliphatic heterocycles. The lowest BCUT2D eigenvalue weighted by molar-refractivity contribution is -0.159. The van der Waals surface area contributed by atoms with E-state index in [0.29, 0.717) is 18.9 Å². The number of hydrogen-bond acceptors (Lipinski definition) is 3. The molecule has 2 fully saturated rings. The van der Waals surface area contributed by atoms with Crippen molar-refractivity contribution >= 4 is 22.7 Å². The fraction of sp³-hybridized carbons (Fsp3) is 0.429. The number of hydrogen-bond donors (Lipinski definition) is 1. The number of piperazine rings is 1. The molecule has 0 aliphatic carbocycles. The van der Waals surface area contributed by atoms with Gasteiger partial charge in [-0.1, -0.05) is 56.3 Å². The van der Waals surface area contributed by atoms with Crippen molar-refractivity contribution < 1.29 is 14.3 Å². The van der Waals surface area contributed by atoms with E-state index in [1.807, 2.05) is 17.0 Å². The molecule has 34 heavy (non-hydrogen) atoms. The third kappa shape index (κ3) is 3.43. The second-order valence-electron chi connectivity index (χ2n) is 10.2. The van der Waals surface area contributed by atoms with E-state index in [1.165, 1.54) is 5.56 Å². The summed E-state index contributed by atoms with van der Waals surface area (Å²) < 4.78 is 5.77. The summed E-state index contributed by atoms with van der Waals surface area (Å²) in [5, 5.41) is 1.14. The highest BCUT2D eigenvalue weighted by molar-refractivity contribution is 5.97. The molecule has 6 rings (SSSR count). The van der Waals surface area contributed by atoms with Crippen LogP contribution in [0.3, 0.4) is 0 Å². The molecule has 1 aromatic heterocycles. The van der Waals surface area contributed by atoms with Crippen LogP contribution in [0.5, 0.6) is 0 Å². The minimum Gasteiger partial charge on any atom is -0.376 e. The van der Waals surface area contributed by atoms with Crippen molar-refractivity contribution in [2.24, 2.45) is 0 Å². The Morgan fingerprint density at radius 3 is 2.62 bits per heavy atom. The van der Waals surface area contributed by atoms with Crippen molar-refractivity contribution in [1.82, 2.24) is 14.8 Å². The fourth-order valence-electron chi connectivity index (χ4n) is 5.92. The van der Waals surface area contributed by atoms with Gasteiger partial charge >= 0.3 is 0 Å². The topological polar surface area (TPSA) is 65.6 Å². The van der Waals surface area contributed by atoms with E-state index >= 15 is 0 Å². The first-order valence-electron chi connectivity index (χ1n) is 12.4. The Balaban J connectivity index is 1.44. The van der Waals surface area contributed by atoms with Crippen LogP contribution in [0.15, 0.2) is 48.5 Å². The van der Waals surface area contributed by atoms with Crippen LogP contribution in [-0.4, -0.2) is 58.4 Å². The molecule has 0 bridgehead atoms. The molecule has 0 saturated carbocycles. The Morgan fingerprint density at radius 1 is 1.09 bits per heavy atom. The maximum Gasteiger partial charge on any atom is 0.246 e. The van der Waals surface area contributed by atoms with Crippen LogP contribution in [0, 0.1) is 0 Å². The molecule has 2 amide bonds. The third-order valence-corrected chi connectivity index (χ3v) is 7.71. The van der Waals surface area contributed by atoms with E-state index in [0.717, 1.165) is 47.2 Å². The molecule has 176 valence electrons. The molecule has 0 spiro atoms. The van der Waals surface area contributed by atoms with Crippen LogP contribution < -0.4 is 0 Å². The predicted octanol–water partition coefficient (Wildman–Crippen LogP) is 4.16. The number of aromatic nitrogens is 1. The Kier molecular flexibility index (Phi) is 5.21. The third-order valence-electron chi connectivity index (χ3n) is 7.71. The maximum atomic E-state index is 13.7. The summed E-state index contributed by atoms with van der Waals surface area (Å²) in [6.07, 6.45) is 2.54. The minimum atomic E-state index is -0.496. The summed E-state index contributed by atoms with van der Waals surface area (Å²) >= 11 is 0. The molecule has 1 N–H and O–H groups in total. The molecule has 3 aliphatic rings. The van der Waals surface area contributed by atoms with Crippen LogP contribution in [0.1, 0.15) is 61.0 Å². The Hall–Kier alpha value is -3.12. The van der Waals surface area contributed by atoms with Crippen molar-refractivity contribution in [1.29, 1.82) is 0 Å². The van der Waals surface area contributed by atoms with Crippen molar-refractivity contribution in [2.75, 3.05) is 19.7 Å². The molecule has 0 radical (unpaired) electrons. The molecule has 6 nitrogen and oxygen atoms in total. The quantitative estimate of drug-likeness (QED) is 0.640. The van der Waals surface area contributed by atoms with Gasteiger partial charge in [-0.3, -0.25) is 9.59 Å². The lowest BCUT2D eigenvalue weighted by atomic mass is 9.85. The summed E-state index contributed by atoms with van der Waals surface area (Å²) in [6.45, 7) is 5.71. The smallest absolute Gasteiger partial charge is 0.246 e. The van der Waals surface area contributed by atoms with E-state index in [1.54, 1.807) is 4.90 Å². The highest BCUT2D eigenvalue weighted by atomic mass is 16.5. The summed E-state index contributed by atoms with van der Waals surface area (Å²) in [5.41, 5.74) is 5.53. The number of ether oxygens (including phenoxy) is 1. The van der Waals surface area contributed by atoms with Gasteiger partial charge in [0, 0.05) is 36.2 Å². The number of para-hydroxylation sites is 1. The van der Waals surface area contributed by atoms with Gasteiger partial charge in [0.1, 0.15) is 6.04 Å². The van der Waals surface area contributed by atoms with Gasteiger partial charge in [0.15, 0.2) is 0 Å². The molecule has 0 unspecified atom stereocenters. The average Bonchev–Trinajstić information content (AvgIpc) is 3.49. The predicted molar refractivity (Wildman–Crippen MR) is 131 cm³/mol. The van der Waals surface area contributed by atoms with E-state index < -0.39 is 6.04 Å². The van der Waals surface area contributed by atoms with E-state index in [9.17, 15) is 9.59 Å². The van der Waals surface area contributed by atoms with Gasteiger partial charge in [0.2, 0.25) is 11.8 Å². The molecule has 3 aromatic rings. The number of amides is 2. The number of benzene rings is 2. The summed E-state index contributed by atoms with van der Waals surface area (Å²) in [5.74, 6) is 0.473. The fourth-order valence-corrected chi connectivity index (χ4v) is 5.92. The number of carbonyl (C=O) groups is 2. The number of nitrogens with zero attached hydrogens (tertiary/aromatic N) is 2. The average molecular weight is 458 g/mol. The van der Waals surface area contributed by atoms with Gasteiger partial charge in [-0.05, 0) is 41.5 Å². The summed E-state index contributed by atoms with van der Waals surface area (Å²) in [6, 6.07) is 16.0. The van der Waals surface area contributed by atoms with Crippen molar-refractivity contribution in [3.05, 3.63) is 70.9 Å². The van der Waals surface area contributed by atoms with Crippen LogP contribution in [0.25, 0.3) is 10.9 Å². The van der Waals surface area contributed by atoms with Crippen LogP contribution in [0.4, 0.5) is 0 Å². The van der Waals surface area contributed by atoms with E-state index in [4.69, 9.17) is 4.74 Å². The zero-order valence-corrected chi connectivity index (χ0v) is 19.8. The van der Waals surface area contributed by atoms with E-state index in [2.05, 4.69) is 55.2 Å². The highest BCUT2D eigenvalue weighted by Crippen LogP contribution is 2.42. The number of rotatable bonds is 4. The first kappa shape index (κ1) is 21.4. The van der Waals surface area contributed by atoms with Gasteiger partial charge in [-0.25, -0.2) is 0 Å². The largest absolute Gasteiger partial charge is 0.376 e. The molecule has 4 heterocycles. The first-order chi connectivity index (χ1) is 16.5. The van der Waals surface area contributed by atoms with Gasteiger partial charge in [-0.2, -0.15) is 0 Å². The number of fused-ring (bicyclic) bond motifs is 4. The number of nitrogens with one attached hydrogen (secondary N) is 1. The number of H-pyrrole nitrogens is 1. The standard InChI is InChI=1S/C28H31N3O3/c1-17(2)18-9-11-19(12-10-18)27-26-22(21-7-3-4-8-23(21)29-26)14-24-28(33)30(16-25(32)31(24)27)15-20-6-5-13-34-20/h3-4,7-12,17,20,24,27,29H,5-6,13-16H2,1-2H3/t20-,24+,27+/m1/s1. The normalized spacial score (nSPS) is 24.7. The SMILES string of the molecule is CC(C)c1ccc([C@H]2c3[nH]c4ccccc4c3C[C@H]3C(=O)N(C[C@H]4CCCO4)CC(=O)N23)cc1. The van der Waals surface area contributed by atoms with Crippen molar-refractivity contribution in [2.45, 2.75) is 57.2 Å². The van der Waals surface area contributed by atoms with Crippen molar-refractivity contribution in [3.63, 3.8) is 0 Å². The zero-order valence-electron chi connectivity index (χ0n) is 19.8. The minimum absolute atomic E-state index is 0.00448. The van der Waals surface area contributed by atoms with Crippen LogP contribution >= 0.6 is 0 Å². The van der Waals surface area contributed by atoms with Crippen molar-refractivity contribution in [3.8, 4) is 0 Å². The molecule has 2 aromatic carbocycles. The number of aromatic amines is 1. The van der Waals surface area contributed by atoms with Gasteiger partial charge in [0.05, 0.1) is 18.7 Å². The maximum absolute atomic E-state index is 13.7. The Labute approximate surface area is 199 Å². The Morgan fingerprint density at radius 2 is 1.88 bits per heavy atom. The van der Waals surface area contributed by atoms with Gasteiger partial charge in [-0.15, -0.1) is 0 Å². The van der Waals surface area contributed by atoms with Gasteiger partial charge in [0.25, 0.3) is 0 Å². The number of carbonyl (C=O) groups excluding carboxylic acids is 2. The molecular formula is C28H31N3O3. The second kappa shape index (κ2) is 8.27. The highest BCUT2D eigenvalue weighted by Gasteiger charge is 2.48. The lowest BCUT2D eigenvalue weighted by Crippen LogP contribution is -2.63. The lowest BCUT2D eigenvalue weighted by Gasteiger charge is -2.47.